The molecule has 1 aliphatic heterocycles. The van der Waals surface area contributed by atoms with E-state index in [-0.39, 0.29) is 6.03 Å². The molecule has 1 atom stereocenters. The summed E-state index contributed by atoms with van der Waals surface area (Å²) in [7, 11) is 3.54. The van der Waals surface area contributed by atoms with E-state index in [9.17, 15) is 4.79 Å². The van der Waals surface area contributed by atoms with Crippen molar-refractivity contribution in [1.29, 1.82) is 0 Å². The van der Waals surface area contributed by atoms with Gasteiger partial charge in [-0.3, -0.25) is 0 Å². The molecular weight excluding hydrogens is 276 g/mol. The number of benzene rings is 1. The van der Waals surface area contributed by atoms with Gasteiger partial charge >= 0.3 is 6.03 Å². The van der Waals surface area contributed by atoms with Crippen LogP contribution in [-0.2, 0) is 6.54 Å². The fraction of sp³-hybridized carbons (Fsp3) is 0.611. The van der Waals surface area contributed by atoms with Gasteiger partial charge in [0.1, 0.15) is 5.75 Å². The second kappa shape index (κ2) is 7.52. The Labute approximate surface area is 134 Å². The molecule has 0 saturated carbocycles. The predicted molar refractivity (Wildman–Crippen MR) is 89.0 cm³/mol. The van der Waals surface area contributed by atoms with Crippen LogP contribution in [0.15, 0.2) is 24.3 Å². The fourth-order valence-electron chi connectivity index (χ4n) is 3.18. The van der Waals surface area contributed by atoms with Crippen LogP contribution < -0.4 is 4.74 Å². The van der Waals surface area contributed by atoms with Crippen molar-refractivity contribution < 1.29 is 9.53 Å². The van der Waals surface area contributed by atoms with Gasteiger partial charge in [-0.2, -0.15) is 0 Å². The van der Waals surface area contributed by atoms with E-state index in [2.05, 4.69) is 13.8 Å². The zero-order chi connectivity index (χ0) is 16.1. The van der Waals surface area contributed by atoms with Gasteiger partial charge in [-0.15, -0.1) is 0 Å². The predicted octanol–water partition coefficient (Wildman–Crippen LogP) is 3.62. The first kappa shape index (κ1) is 16.7. The Balaban J connectivity index is 1.86. The number of hydrogen-bond donors (Lipinski definition) is 0. The Kier molecular flexibility index (Phi) is 5.69. The number of carbonyl (C=O) groups is 1. The second-order valence-electron chi connectivity index (χ2n) is 6.72. The van der Waals surface area contributed by atoms with Crippen molar-refractivity contribution in [3.05, 3.63) is 29.8 Å². The quantitative estimate of drug-likeness (QED) is 0.832. The molecule has 0 spiro atoms. The van der Waals surface area contributed by atoms with Gasteiger partial charge in [-0.05, 0) is 42.4 Å². The number of carbonyl (C=O) groups excluding carboxylic acids is 1. The molecule has 1 aromatic rings. The minimum absolute atomic E-state index is 0.141. The zero-order valence-corrected chi connectivity index (χ0v) is 14.2. The lowest BCUT2D eigenvalue weighted by molar-refractivity contribution is 0.168. The first-order chi connectivity index (χ1) is 10.5. The first-order valence-electron chi connectivity index (χ1n) is 8.12. The highest BCUT2D eigenvalue weighted by molar-refractivity contribution is 5.74. The van der Waals surface area contributed by atoms with Crippen LogP contribution in [0.1, 0.15) is 32.3 Å². The maximum Gasteiger partial charge on any atom is 0.320 e. The van der Waals surface area contributed by atoms with Gasteiger partial charge in [0.25, 0.3) is 0 Å². The summed E-state index contributed by atoms with van der Waals surface area (Å²) in [5.74, 6) is 2.21. The molecule has 1 saturated heterocycles. The third kappa shape index (κ3) is 4.39. The lowest BCUT2D eigenvalue weighted by Gasteiger charge is -2.25. The SMILES string of the molecule is COc1ccc(CN(C)C(=O)N2CC[C@@H](CC(C)C)C2)cc1. The van der Waals surface area contributed by atoms with Gasteiger partial charge in [0.2, 0.25) is 0 Å². The van der Waals surface area contributed by atoms with Gasteiger partial charge in [-0.1, -0.05) is 26.0 Å². The highest BCUT2D eigenvalue weighted by Crippen LogP contribution is 2.24. The van der Waals surface area contributed by atoms with Crippen LogP contribution in [0.3, 0.4) is 0 Å². The van der Waals surface area contributed by atoms with Gasteiger partial charge < -0.3 is 14.5 Å². The van der Waals surface area contributed by atoms with Crippen molar-refractivity contribution >= 4 is 6.03 Å². The summed E-state index contributed by atoms with van der Waals surface area (Å²) in [6, 6.07) is 8.02. The highest BCUT2D eigenvalue weighted by Gasteiger charge is 2.28. The number of rotatable bonds is 5. The molecule has 0 bridgehead atoms. The smallest absolute Gasteiger partial charge is 0.320 e. The molecule has 2 amide bonds. The topological polar surface area (TPSA) is 32.8 Å². The molecular formula is C18H28N2O2. The molecule has 1 heterocycles. The molecule has 2 rings (SSSR count). The average molecular weight is 304 g/mol. The summed E-state index contributed by atoms with van der Waals surface area (Å²) in [4.78, 5) is 16.3. The fourth-order valence-corrected chi connectivity index (χ4v) is 3.18. The van der Waals surface area contributed by atoms with E-state index in [1.165, 1.54) is 6.42 Å². The molecule has 122 valence electrons. The molecule has 4 heteroatoms. The van der Waals surface area contributed by atoms with Crippen LogP contribution in [0, 0.1) is 11.8 Å². The number of methoxy groups -OCH3 is 1. The normalized spacial score (nSPS) is 17.9. The largest absolute Gasteiger partial charge is 0.497 e. The zero-order valence-electron chi connectivity index (χ0n) is 14.2. The summed E-state index contributed by atoms with van der Waals surface area (Å²) in [6.07, 6.45) is 2.35. The number of likely N-dealkylation sites (tertiary alicyclic amines) is 1. The number of ether oxygens (including phenoxy) is 1. The second-order valence-corrected chi connectivity index (χ2v) is 6.72. The Bertz CT molecular complexity index is 484. The molecule has 0 aromatic heterocycles. The lowest BCUT2D eigenvalue weighted by atomic mass is 9.97. The minimum Gasteiger partial charge on any atom is -0.497 e. The monoisotopic (exact) mass is 304 g/mol. The van der Waals surface area contributed by atoms with Crippen LogP contribution in [0.25, 0.3) is 0 Å². The van der Waals surface area contributed by atoms with E-state index in [1.807, 2.05) is 36.2 Å². The van der Waals surface area contributed by atoms with Gasteiger partial charge in [0.05, 0.1) is 7.11 Å². The Morgan fingerprint density at radius 2 is 2.05 bits per heavy atom. The van der Waals surface area contributed by atoms with E-state index in [4.69, 9.17) is 4.74 Å². The number of urea groups is 1. The third-order valence-electron chi connectivity index (χ3n) is 4.27. The van der Waals surface area contributed by atoms with Crippen LogP contribution in [0.4, 0.5) is 4.79 Å². The van der Waals surface area contributed by atoms with E-state index < -0.39 is 0 Å². The molecule has 4 nitrogen and oxygen atoms in total. The van der Waals surface area contributed by atoms with Crippen LogP contribution >= 0.6 is 0 Å². The van der Waals surface area contributed by atoms with Crippen LogP contribution in [0.5, 0.6) is 5.75 Å². The molecule has 0 unspecified atom stereocenters. The lowest BCUT2D eigenvalue weighted by Crippen LogP contribution is -2.39. The molecule has 22 heavy (non-hydrogen) atoms. The standard InChI is InChI=1S/C18H28N2O2/c1-14(2)11-16-9-10-20(13-16)18(21)19(3)12-15-5-7-17(22-4)8-6-15/h5-8,14,16H,9-13H2,1-4H3/t16-/m0/s1. The Morgan fingerprint density at radius 1 is 1.36 bits per heavy atom. The van der Waals surface area contributed by atoms with Crippen molar-refractivity contribution in [2.45, 2.75) is 33.2 Å². The van der Waals surface area contributed by atoms with E-state index >= 15 is 0 Å². The molecule has 1 aromatic carbocycles. The third-order valence-corrected chi connectivity index (χ3v) is 4.27. The Morgan fingerprint density at radius 3 is 2.64 bits per heavy atom. The Hall–Kier alpha value is -1.71. The molecule has 1 fully saturated rings. The van der Waals surface area contributed by atoms with Crippen molar-refractivity contribution in [1.82, 2.24) is 9.80 Å². The van der Waals surface area contributed by atoms with E-state index in [1.54, 1.807) is 12.0 Å². The summed E-state index contributed by atoms with van der Waals surface area (Å²) in [5.41, 5.74) is 1.12. The molecule has 1 aliphatic rings. The summed E-state index contributed by atoms with van der Waals surface area (Å²) in [6.45, 7) is 6.93. The van der Waals surface area contributed by atoms with Crippen molar-refractivity contribution in [3.63, 3.8) is 0 Å². The van der Waals surface area contributed by atoms with Gasteiger partial charge in [0.15, 0.2) is 0 Å². The van der Waals surface area contributed by atoms with Gasteiger partial charge in [-0.25, -0.2) is 4.79 Å². The van der Waals surface area contributed by atoms with Crippen LogP contribution in [-0.4, -0.2) is 43.1 Å². The van der Waals surface area contributed by atoms with Crippen molar-refractivity contribution in [3.8, 4) is 5.75 Å². The van der Waals surface area contributed by atoms with Crippen molar-refractivity contribution in [2.24, 2.45) is 11.8 Å². The summed E-state index contributed by atoms with van der Waals surface area (Å²) >= 11 is 0. The number of amides is 2. The average Bonchev–Trinajstić information content (AvgIpc) is 2.94. The number of hydrogen-bond acceptors (Lipinski definition) is 2. The summed E-state index contributed by atoms with van der Waals surface area (Å²) in [5, 5.41) is 0. The van der Waals surface area contributed by atoms with Crippen LogP contribution in [0.2, 0.25) is 0 Å². The molecule has 0 radical (unpaired) electrons. The maximum absolute atomic E-state index is 12.5. The summed E-state index contributed by atoms with van der Waals surface area (Å²) < 4.78 is 5.16. The van der Waals surface area contributed by atoms with E-state index in [0.29, 0.717) is 18.4 Å². The molecule has 0 N–H and O–H groups in total. The van der Waals surface area contributed by atoms with Crippen molar-refractivity contribution in [2.75, 3.05) is 27.2 Å². The van der Waals surface area contributed by atoms with Gasteiger partial charge in [0, 0.05) is 26.7 Å². The minimum atomic E-state index is 0.141. The highest BCUT2D eigenvalue weighted by atomic mass is 16.5. The molecule has 0 aliphatic carbocycles. The maximum atomic E-state index is 12.5. The first-order valence-corrected chi connectivity index (χ1v) is 8.12. The number of nitrogens with zero attached hydrogens (tertiary/aromatic N) is 2. The van der Waals surface area contributed by atoms with E-state index in [0.717, 1.165) is 30.8 Å².